The number of carbonyl (C=O) groups excluding carboxylic acids is 2. The third-order valence-electron chi connectivity index (χ3n) is 3.13. The van der Waals surface area contributed by atoms with Crippen molar-refractivity contribution < 1.29 is 14.3 Å². The lowest BCUT2D eigenvalue weighted by Gasteiger charge is -2.06. The minimum Gasteiger partial charge on any atom is -0.496 e. The van der Waals surface area contributed by atoms with Crippen LogP contribution in [-0.2, 0) is 4.79 Å². The van der Waals surface area contributed by atoms with Crippen molar-refractivity contribution in [2.75, 3.05) is 19.0 Å². The number of amides is 2. The minimum atomic E-state index is -0.234. The van der Waals surface area contributed by atoms with Crippen LogP contribution in [0.4, 0.5) is 5.69 Å². The highest BCUT2D eigenvalue weighted by atomic mass is 16.5. The fourth-order valence-corrected chi connectivity index (χ4v) is 2.04. The molecule has 0 aliphatic heterocycles. The first-order valence-corrected chi connectivity index (χ1v) is 7.38. The molecule has 0 aliphatic rings. The number of methoxy groups -OCH3 is 1. The third kappa shape index (κ3) is 4.89. The monoisotopic (exact) mass is 322 g/mol. The van der Waals surface area contributed by atoms with Crippen molar-refractivity contribution in [1.82, 2.24) is 5.32 Å². The molecule has 0 aliphatic carbocycles. The van der Waals surface area contributed by atoms with E-state index in [2.05, 4.69) is 22.5 Å². The smallest absolute Gasteiger partial charge is 0.255 e. The second-order valence-electron chi connectivity index (χ2n) is 4.94. The molecule has 2 aromatic carbocycles. The van der Waals surface area contributed by atoms with Crippen LogP contribution in [0.3, 0.4) is 0 Å². The molecule has 0 fully saturated rings. The van der Waals surface area contributed by atoms with Crippen LogP contribution in [0.2, 0.25) is 0 Å². The lowest BCUT2D eigenvalue weighted by molar-refractivity contribution is -0.114. The zero-order valence-corrected chi connectivity index (χ0v) is 13.6. The Kier molecular flexibility index (Phi) is 5.98. The standard InChI is InChI=1S/C19H18N2O3/c1-14(22)21-16-11-9-15(10-12-16)6-5-13-20-19(23)17-7-3-4-8-18(17)24-2/h3-4,7-12H,13H2,1-2H3,(H,20,23)(H,21,22). The van der Waals surface area contributed by atoms with Gasteiger partial charge in [0, 0.05) is 18.2 Å². The van der Waals surface area contributed by atoms with E-state index in [-0.39, 0.29) is 18.4 Å². The third-order valence-corrected chi connectivity index (χ3v) is 3.13. The fraction of sp³-hybridized carbons (Fsp3) is 0.158. The predicted octanol–water partition coefficient (Wildman–Crippen LogP) is 2.44. The number of rotatable bonds is 4. The van der Waals surface area contributed by atoms with Crippen LogP contribution in [0.1, 0.15) is 22.8 Å². The maximum atomic E-state index is 12.1. The first-order chi connectivity index (χ1) is 11.6. The average Bonchev–Trinajstić information content (AvgIpc) is 2.59. The van der Waals surface area contributed by atoms with Crippen molar-refractivity contribution in [2.24, 2.45) is 0 Å². The number of ether oxygens (including phenoxy) is 1. The van der Waals surface area contributed by atoms with Crippen LogP contribution in [-0.4, -0.2) is 25.5 Å². The molecule has 5 nitrogen and oxygen atoms in total. The molecule has 2 N–H and O–H groups in total. The Hall–Kier alpha value is -3.26. The van der Waals surface area contributed by atoms with Gasteiger partial charge in [-0.1, -0.05) is 24.0 Å². The Morgan fingerprint density at radius 1 is 1.08 bits per heavy atom. The molecule has 0 saturated heterocycles. The summed E-state index contributed by atoms with van der Waals surface area (Å²) in [6, 6.07) is 14.2. The van der Waals surface area contributed by atoms with Crippen molar-refractivity contribution in [3.8, 4) is 17.6 Å². The van der Waals surface area contributed by atoms with E-state index in [1.807, 2.05) is 0 Å². The van der Waals surface area contributed by atoms with Gasteiger partial charge in [-0.3, -0.25) is 9.59 Å². The molecule has 0 unspecified atom stereocenters. The van der Waals surface area contributed by atoms with Crippen molar-refractivity contribution in [3.63, 3.8) is 0 Å². The Balaban J connectivity index is 1.91. The molecular formula is C19H18N2O3. The maximum absolute atomic E-state index is 12.1. The van der Waals surface area contributed by atoms with Crippen LogP contribution in [0.25, 0.3) is 0 Å². The SMILES string of the molecule is COc1ccccc1C(=O)NCC#Cc1ccc(NC(C)=O)cc1. The first kappa shape index (κ1) is 17.1. The molecule has 2 amide bonds. The number of hydrogen-bond donors (Lipinski definition) is 2. The molecule has 2 rings (SSSR count). The molecule has 24 heavy (non-hydrogen) atoms. The van der Waals surface area contributed by atoms with Gasteiger partial charge in [-0.2, -0.15) is 0 Å². The van der Waals surface area contributed by atoms with Gasteiger partial charge in [0.1, 0.15) is 5.75 Å². The fourth-order valence-electron chi connectivity index (χ4n) is 2.04. The van der Waals surface area contributed by atoms with E-state index in [0.717, 1.165) is 11.3 Å². The normalized spacial score (nSPS) is 9.42. The van der Waals surface area contributed by atoms with Gasteiger partial charge >= 0.3 is 0 Å². The zero-order valence-electron chi connectivity index (χ0n) is 13.6. The second-order valence-corrected chi connectivity index (χ2v) is 4.94. The average molecular weight is 322 g/mol. The summed E-state index contributed by atoms with van der Waals surface area (Å²) >= 11 is 0. The highest BCUT2D eigenvalue weighted by Crippen LogP contribution is 2.16. The van der Waals surface area contributed by atoms with Gasteiger partial charge in [0.15, 0.2) is 0 Å². The minimum absolute atomic E-state index is 0.118. The summed E-state index contributed by atoms with van der Waals surface area (Å²) in [5.41, 5.74) is 2.00. The summed E-state index contributed by atoms with van der Waals surface area (Å²) in [6.07, 6.45) is 0. The molecule has 0 aromatic heterocycles. The Labute approximate surface area is 141 Å². The lowest BCUT2D eigenvalue weighted by Crippen LogP contribution is -2.24. The van der Waals surface area contributed by atoms with E-state index in [1.165, 1.54) is 14.0 Å². The van der Waals surface area contributed by atoms with E-state index in [0.29, 0.717) is 11.3 Å². The van der Waals surface area contributed by atoms with Crippen LogP contribution in [0, 0.1) is 11.8 Å². The molecule has 0 radical (unpaired) electrons. The summed E-state index contributed by atoms with van der Waals surface area (Å²) in [5.74, 6) is 6.02. The first-order valence-electron chi connectivity index (χ1n) is 7.38. The van der Waals surface area contributed by atoms with E-state index < -0.39 is 0 Å². The number of hydrogen-bond acceptors (Lipinski definition) is 3. The van der Waals surface area contributed by atoms with Crippen molar-refractivity contribution >= 4 is 17.5 Å². The molecule has 0 atom stereocenters. The van der Waals surface area contributed by atoms with Crippen molar-refractivity contribution in [1.29, 1.82) is 0 Å². The van der Waals surface area contributed by atoms with Crippen molar-refractivity contribution in [2.45, 2.75) is 6.92 Å². The topological polar surface area (TPSA) is 67.4 Å². The number of anilines is 1. The van der Waals surface area contributed by atoms with Gasteiger partial charge < -0.3 is 15.4 Å². The molecule has 122 valence electrons. The number of carbonyl (C=O) groups is 2. The highest BCUT2D eigenvalue weighted by Gasteiger charge is 2.09. The van der Waals surface area contributed by atoms with Gasteiger partial charge in [0.05, 0.1) is 19.2 Å². The molecule has 0 heterocycles. The summed E-state index contributed by atoms with van der Waals surface area (Å²) in [7, 11) is 1.52. The quantitative estimate of drug-likeness (QED) is 0.850. The Morgan fingerprint density at radius 2 is 1.79 bits per heavy atom. The maximum Gasteiger partial charge on any atom is 0.255 e. The Morgan fingerprint density at radius 3 is 2.46 bits per heavy atom. The van der Waals surface area contributed by atoms with Gasteiger partial charge in [0.2, 0.25) is 5.91 Å². The van der Waals surface area contributed by atoms with Gasteiger partial charge in [0.25, 0.3) is 5.91 Å². The molecule has 0 bridgehead atoms. The van der Waals surface area contributed by atoms with E-state index in [4.69, 9.17) is 4.74 Å². The van der Waals surface area contributed by atoms with Gasteiger partial charge in [-0.05, 0) is 36.4 Å². The second kappa shape index (κ2) is 8.39. The molecule has 0 saturated carbocycles. The number of benzene rings is 2. The summed E-state index contributed by atoms with van der Waals surface area (Å²) in [4.78, 5) is 23.0. The van der Waals surface area contributed by atoms with Crippen LogP contribution in [0.5, 0.6) is 5.75 Å². The van der Waals surface area contributed by atoms with E-state index in [1.54, 1.807) is 48.5 Å². The van der Waals surface area contributed by atoms with Crippen LogP contribution in [0.15, 0.2) is 48.5 Å². The molecular weight excluding hydrogens is 304 g/mol. The van der Waals surface area contributed by atoms with Gasteiger partial charge in [-0.15, -0.1) is 0 Å². The highest BCUT2D eigenvalue weighted by molar-refractivity contribution is 5.97. The van der Waals surface area contributed by atoms with Gasteiger partial charge in [-0.25, -0.2) is 0 Å². The van der Waals surface area contributed by atoms with Crippen LogP contribution < -0.4 is 15.4 Å². The summed E-state index contributed by atoms with van der Waals surface area (Å²) in [5, 5.41) is 5.42. The van der Waals surface area contributed by atoms with E-state index in [9.17, 15) is 9.59 Å². The van der Waals surface area contributed by atoms with Crippen LogP contribution >= 0.6 is 0 Å². The molecule has 0 spiro atoms. The number of para-hydroxylation sites is 1. The van der Waals surface area contributed by atoms with Crippen molar-refractivity contribution in [3.05, 3.63) is 59.7 Å². The lowest BCUT2D eigenvalue weighted by atomic mass is 10.2. The Bertz CT molecular complexity index is 786. The molecule has 2 aromatic rings. The van der Waals surface area contributed by atoms with E-state index >= 15 is 0 Å². The predicted molar refractivity (Wildman–Crippen MR) is 93.0 cm³/mol. The molecule has 5 heteroatoms. The number of nitrogens with one attached hydrogen (secondary N) is 2. The zero-order chi connectivity index (χ0) is 17.4. The largest absolute Gasteiger partial charge is 0.496 e. The summed E-state index contributed by atoms with van der Waals surface area (Å²) in [6.45, 7) is 1.68. The summed E-state index contributed by atoms with van der Waals surface area (Å²) < 4.78 is 5.15.